The molecular weight excluding hydrogens is 446 g/mol. The summed E-state index contributed by atoms with van der Waals surface area (Å²) in [5.41, 5.74) is -2.12. The van der Waals surface area contributed by atoms with E-state index in [0.29, 0.717) is 39.0 Å². The molecule has 2 fully saturated rings. The zero-order chi connectivity index (χ0) is 25.2. The average molecular weight is 488 g/mol. The fourth-order valence-electron chi connectivity index (χ4n) is 6.56. The van der Waals surface area contributed by atoms with Crippen molar-refractivity contribution in [1.29, 1.82) is 0 Å². The van der Waals surface area contributed by atoms with Gasteiger partial charge in [0.25, 0.3) is 0 Å². The van der Waals surface area contributed by atoms with Crippen molar-refractivity contribution in [3.8, 4) is 0 Å². The lowest BCUT2D eigenvalue weighted by Crippen LogP contribution is -2.56. The largest absolute Gasteiger partial charge is 0.396 e. The molecule has 194 valence electrons. The summed E-state index contributed by atoms with van der Waals surface area (Å²) in [6.45, 7) is 8.55. The van der Waals surface area contributed by atoms with Crippen LogP contribution in [-0.4, -0.2) is 94.1 Å². The minimum Gasteiger partial charge on any atom is -0.396 e. The highest BCUT2D eigenvalue weighted by molar-refractivity contribution is 6.00. The van der Waals surface area contributed by atoms with E-state index in [1.807, 2.05) is 48.0 Å². The monoisotopic (exact) mass is 487 g/mol. The molecule has 2 saturated heterocycles. The van der Waals surface area contributed by atoms with Gasteiger partial charge in [-0.2, -0.15) is 0 Å². The van der Waals surface area contributed by atoms with E-state index in [2.05, 4.69) is 6.92 Å². The highest BCUT2D eigenvalue weighted by Gasteiger charge is 2.75. The second-order valence-electron chi connectivity index (χ2n) is 10.3. The first-order chi connectivity index (χ1) is 16.9. The second kappa shape index (κ2) is 10.4. The third kappa shape index (κ3) is 4.12. The number of aliphatic hydroxyl groups is 1. The molecule has 0 aromatic heterocycles. The highest BCUT2D eigenvalue weighted by atomic mass is 16.5. The number of ether oxygens (including phenoxy) is 1. The first-order valence-corrected chi connectivity index (χ1v) is 13.4. The van der Waals surface area contributed by atoms with Gasteiger partial charge in [-0.25, -0.2) is 0 Å². The molecule has 4 heterocycles. The van der Waals surface area contributed by atoms with Crippen LogP contribution in [0.25, 0.3) is 0 Å². The summed E-state index contributed by atoms with van der Waals surface area (Å²) in [6.07, 6.45) is 12.5. The third-order valence-electron chi connectivity index (χ3n) is 8.19. The summed E-state index contributed by atoms with van der Waals surface area (Å²) in [4.78, 5) is 47.3. The molecule has 1 unspecified atom stereocenters. The van der Waals surface area contributed by atoms with Crippen LogP contribution in [0, 0.1) is 11.8 Å². The Balaban J connectivity index is 1.80. The fraction of sp³-hybridized carbons (Fsp3) is 0.741. The van der Waals surface area contributed by atoms with E-state index >= 15 is 0 Å². The lowest BCUT2D eigenvalue weighted by atomic mass is 9.73. The van der Waals surface area contributed by atoms with Gasteiger partial charge in [0, 0.05) is 39.3 Å². The molecule has 8 nitrogen and oxygen atoms in total. The SMILES string of the molecule is CCCCCN1CC=C[C@]23O[C@@]4(CC)C=CCN(CCC)C(=O)[C@H]4[C@H]2C(=O)N(CCCO)C3C1=O. The number of amides is 3. The summed E-state index contributed by atoms with van der Waals surface area (Å²) in [5.74, 6) is -1.85. The molecule has 1 N–H and O–H groups in total. The topological polar surface area (TPSA) is 90.4 Å². The number of carbonyl (C=O) groups excluding carboxylic acids is 3. The van der Waals surface area contributed by atoms with Crippen LogP contribution in [0.15, 0.2) is 24.3 Å². The number of fused-ring (bicyclic) bond motifs is 2. The molecule has 0 saturated carbocycles. The quantitative estimate of drug-likeness (QED) is 0.377. The summed E-state index contributed by atoms with van der Waals surface area (Å²) < 4.78 is 6.91. The molecule has 4 aliphatic heterocycles. The van der Waals surface area contributed by atoms with E-state index in [1.165, 1.54) is 0 Å². The Bertz CT molecular complexity index is 888. The first-order valence-electron chi connectivity index (χ1n) is 13.4. The average Bonchev–Trinajstić information content (AvgIpc) is 3.14. The molecule has 0 radical (unpaired) electrons. The summed E-state index contributed by atoms with van der Waals surface area (Å²) in [6, 6.07) is -0.830. The number of nitrogens with zero attached hydrogens (tertiary/aromatic N) is 3. The Morgan fingerprint density at radius 2 is 1.57 bits per heavy atom. The van der Waals surface area contributed by atoms with Crippen LogP contribution >= 0.6 is 0 Å². The lowest BCUT2D eigenvalue weighted by molar-refractivity contribution is -0.154. The number of hydrogen-bond donors (Lipinski definition) is 1. The molecule has 0 aromatic carbocycles. The maximum atomic E-state index is 14.1. The van der Waals surface area contributed by atoms with Gasteiger partial charge < -0.3 is 24.5 Å². The van der Waals surface area contributed by atoms with Crippen molar-refractivity contribution in [3.05, 3.63) is 24.3 Å². The van der Waals surface area contributed by atoms with E-state index in [0.717, 1.165) is 25.7 Å². The van der Waals surface area contributed by atoms with E-state index in [-0.39, 0.29) is 30.9 Å². The fourth-order valence-corrected chi connectivity index (χ4v) is 6.56. The maximum absolute atomic E-state index is 14.1. The van der Waals surface area contributed by atoms with Gasteiger partial charge in [-0.3, -0.25) is 14.4 Å². The second-order valence-corrected chi connectivity index (χ2v) is 10.3. The Kier molecular flexibility index (Phi) is 7.71. The first kappa shape index (κ1) is 25.9. The molecule has 35 heavy (non-hydrogen) atoms. The molecule has 0 aromatic rings. The standard InChI is InChI=1S/C27H41N3O5/c1-4-7-8-15-29-17-10-13-27-21(24(33)30(18-11-19-31)22(27)25(29)34)20-23(32)28(14-5-2)16-9-12-26(20,6-3)35-27/h9-10,12-13,20-22,31H,4-8,11,14-19H2,1-3H3/t20-,21+,22?,26+,27+/m1/s1. The van der Waals surface area contributed by atoms with E-state index < -0.39 is 29.1 Å². The van der Waals surface area contributed by atoms with Crippen LogP contribution in [0.5, 0.6) is 0 Å². The van der Waals surface area contributed by atoms with Crippen molar-refractivity contribution in [2.24, 2.45) is 11.8 Å². The van der Waals surface area contributed by atoms with Crippen LogP contribution in [0.1, 0.15) is 59.3 Å². The van der Waals surface area contributed by atoms with Gasteiger partial charge in [0.15, 0.2) is 0 Å². The van der Waals surface area contributed by atoms with Crippen LogP contribution in [0.2, 0.25) is 0 Å². The van der Waals surface area contributed by atoms with Crippen LogP contribution in [0.3, 0.4) is 0 Å². The van der Waals surface area contributed by atoms with Crippen molar-refractivity contribution in [2.45, 2.75) is 76.5 Å². The number of rotatable bonds is 10. The van der Waals surface area contributed by atoms with Gasteiger partial charge >= 0.3 is 0 Å². The van der Waals surface area contributed by atoms with Gasteiger partial charge in [-0.05, 0) is 25.7 Å². The summed E-state index contributed by atoms with van der Waals surface area (Å²) >= 11 is 0. The van der Waals surface area contributed by atoms with Gasteiger partial charge in [0.2, 0.25) is 17.7 Å². The highest BCUT2D eigenvalue weighted by Crippen LogP contribution is 2.58. The zero-order valence-electron chi connectivity index (χ0n) is 21.4. The van der Waals surface area contributed by atoms with Crippen molar-refractivity contribution >= 4 is 17.7 Å². The number of likely N-dealkylation sites (tertiary alicyclic amines) is 1. The minimum absolute atomic E-state index is 0.0680. The van der Waals surface area contributed by atoms with E-state index in [9.17, 15) is 19.5 Å². The molecule has 3 amide bonds. The van der Waals surface area contributed by atoms with Gasteiger partial charge in [0.1, 0.15) is 11.6 Å². The summed E-state index contributed by atoms with van der Waals surface area (Å²) in [5, 5.41) is 9.52. The smallest absolute Gasteiger partial charge is 0.249 e. The predicted molar refractivity (Wildman–Crippen MR) is 132 cm³/mol. The molecule has 8 heteroatoms. The van der Waals surface area contributed by atoms with Crippen molar-refractivity contribution in [2.75, 3.05) is 39.3 Å². The van der Waals surface area contributed by atoms with Crippen LogP contribution in [-0.2, 0) is 19.1 Å². The number of aliphatic hydroxyl groups excluding tert-OH is 1. The molecule has 4 rings (SSSR count). The predicted octanol–water partition coefficient (Wildman–Crippen LogP) is 2.13. The van der Waals surface area contributed by atoms with Gasteiger partial charge in [-0.15, -0.1) is 0 Å². The minimum atomic E-state index is -1.20. The van der Waals surface area contributed by atoms with Crippen molar-refractivity contribution < 1.29 is 24.2 Å². The van der Waals surface area contributed by atoms with E-state index in [4.69, 9.17) is 4.74 Å². The molecule has 1 spiro atoms. The maximum Gasteiger partial charge on any atom is 0.249 e. The van der Waals surface area contributed by atoms with Crippen LogP contribution in [0.4, 0.5) is 0 Å². The molecule has 0 aliphatic carbocycles. The number of hydrogen-bond acceptors (Lipinski definition) is 5. The normalized spacial score (nSPS) is 34.2. The zero-order valence-corrected chi connectivity index (χ0v) is 21.4. The molecule has 0 bridgehead atoms. The summed E-state index contributed by atoms with van der Waals surface area (Å²) in [7, 11) is 0. The van der Waals surface area contributed by atoms with Gasteiger partial charge in [0.05, 0.1) is 17.4 Å². The Labute approximate surface area is 208 Å². The van der Waals surface area contributed by atoms with Gasteiger partial charge in [-0.1, -0.05) is 57.9 Å². The molecule has 4 aliphatic rings. The number of carbonyl (C=O) groups is 3. The van der Waals surface area contributed by atoms with E-state index in [1.54, 1.807) is 4.90 Å². The Hall–Kier alpha value is -2.19. The lowest BCUT2D eigenvalue weighted by Gasteiger charge is -2.38. The van der Waals surface area contributed by atoms with Crippen molar-refractivity contribution in [1.82, 2.24) is 14.7 Å². The van der Waals surface area contributed by atoms with Crippen molar-refractivity contribution in [3.63, 3.8) is 0 Å². The Morgan fingerprint density at radius 3 is 2.23 bits per heavy atom. The Morgan fingerprint density at radius 1 is 0.857 bits per heavy atom. The third-order valence-corrected chi connectivity index (χ3v) is 8.19. The molecular formula is C27H41N3O5. The van der Waals surface area contributed by atoms with Crippen LogP contribution < -0.4 is 0 Å². The molecule has 5 atom stereocenters. The number of unbranched alkanes of at least 4 members (excludes halogenated alkanes) is 2.